The van der Waals surface area contributed by atoms with Crippen molar-refractivity contribution in [2.45, 2.75) is 64.3 Å². The Hall–Kier alpha value is -2.26. The fraction of sp³-hybridized carbons (Fsp3) is 0.591. The van der Waals surface area contributed by atoms with Gasteiger partial charge in [-0.2, -0.15) is 4.31 Å². The molecule has 1 aromatic rings. The van der Waals surface area contributed by atoms with Crippen molar-refractivity contribution >= 4 is 33.4 Å². The molecule has 3 atom stereocenters. The molecule has 3 amide bonds. The number of anilines is 1. The Labute approximate surface area is 184 Å². The Morgan fingerprint density at radius 2 is 1.68 bits per heavy atom. The number of nitrogens with zero attached hydrogens (tertiary/aromatic N) is 2. The molecule has 1 N–H and O–H groups in total. The fourth-order valence-corrected chi connectivity index (χ4v) is 6.30. The Morgan fingerprint density at radius 1 is 1.13 bits per heavy atom. The van der Waals surface area contributed by atoms with Crippen molar-refractivity contribution in [3.63, 3.8) is 0 Å². The molecule has 31 heavy (non-hydrogen) atoms. The number of fused-ring (bicyclic) bond motifs is 1. The van der Waals surface area contributed by atoms with Crippen LogP contribution in [0, 0.1) is 18.8 Å². The van der Waals surface area contributed by atoms with Crippen molar-refractivity contribution in [1.82, 2.24) is 9.21 Å². The third-order valence-electron chi connectivity index (χ3n) is 6.42. The van der Waals surface area contributed by atoms with E-state index in [9.17, 15) is 22.8 Å². The molecule has 8 nitrogen and oxygen atoms in total. The summed E-state index contributed by atoms with van der Waals surface area (Å²) in [5.41, 5.74) is 0.886. The van der Waals surface area contributed by atoms with E-state index in [4.69, 9.17) is 0 Å². The van der Waals surface area contributed by atoms with E-state index in [1.54, 1.807) is 32.9 Å². The molecule has 9 heteroatoms. The monoisotopic (exact) mass is 449 g/mol. The van der Waals surface area contributed by atoms with Gasteiger partial charge >= 0.3 is 0 Å². The van der Waals surface area contributed by atoms with Crippen LogP contribution in [0.15, 0.2) is 23.1 Å². The molecule has 0 radical (unpaired) electrons. The number of hydrogen-bond donors (Lipinski definition) is 1. The van der Waals surface area contributed by atoms with Gasteiger partial charge in [0.25, 0.3) is 0 Å². The van der Waals surface area contributed by atoms with Gasteiger partial charge in [0.1, 0.15) is 6.04 Å². The number of sulfonamides is 1. The molecule has 1 aliphatic heterocycles. The second-order valence-corrected chi connectivity index (χ2v) is 10.2. The second-order valence-electron chi connectivity index (χ2n) is 8.28. The highest BCUT2D eigenvalue weighted by atomic mass is 32.2. The van der Waals surface area contributed by atoms with Crippen LogP contribution in [-0.2, 0) is 24.4 Å². The maximum absolute atomic E-state index is 12.9. The summed E-state index contributed by atoms with van der Waals surface area (Å²) in [7, 11) is -3.69. The molecule has 0 aromatic heterocycles. The molecular weight excluding hydrogens is 418 g/mol. The van der Waals surface area contributed by atoms with Gasteiger partial charge in [0.2, 0.25) is 27.7 Å². The van der Waals surface area contributed by atoms with Gasteiger partial charge in [-0.3, -0.25) is 19.3 Å². The first-order chi connectivity index (χ1) is 14.6. The van der Waals surface area contributed by atoms with Crippen LogP contribution in [0.2, 0.25) is 0 Å². The summed E-state index contributed by atoms with van der Waals surface area (Å²) in [6.45, 7) is 7.45. The largest absolute Gasteiger partial charge is 0.324 e. The van der Waals surface area contributed by atoms with Crippen LogP contribution in [-0.4, -0.2) is 54.5 Å². The average Bonchev–Trinajstić information content (AvgIpc) is 3.00. The van der Waals surface area contributed by atoms with Gasteiger partial charge in [0.15, 0.2) is 0 Å². The maximum Gasteiger partial charge on any atom is 0.247 e. The standard InChI is InChI=1S/C22H31N3O5S/c1-5-24(6-2)31(29,30)19-13-16(12-11-14(19)3)23-20(26)15(4)25-21(27)17-9-7-8-10-18(17)22(25)28/h11-13,15,17-18H,5-10H2,1-4H3,(H,23,26)/t15-,17-,18+/m0/s1. The third-order valence-corrected chi connectivity index (χ3v) is 8.61. The molecule has 0 bridgehead atoms. The van der Waals surface area contributed by atoms with Crippen LogP contribution >= 0.6 is 0 Å². The average molecular weight is 450 g/mol. The minimum atomic E-state index is -3.69. The summed E-state index contributed by atoms with van der Waals surface area (Å²) in [4.78, 5) is 39.6. The highest BCUT2D eigenvalue weighted by Gasteiger charge is 2.50. The second kappa shape index (κ2) is 9.08. The third kappa shape index (κ3) is 4.25. The quantitative estimate of drug-likeness (QED) is 0.644. The van der Waals surface area contributed by atoms with E-state index in [0.717, 1.165) is 17.7 Å². The molecule has 2 aliphatic rings. The number of nitrogens with one attached hydrogen (secondary N) is 1. The van der Waals surface area contributed by atoms with Gasteiger partial charge in [-0.05, 0) is 44.4 Å². The maximum atomic E-state index is 12.9. The number of hydrogen-bond acceptors (Lipinski definition) is 5. The lowest BCUT2D eigenvalue weighted by Crippen LogP contribution is -2.46. The first-order valence-electron chi connectivity index (χ1n) is 10.9. The first kappa shape index (κ1) is 23.4. The minimum absolute atomic E-state index is 0.126. The van der Waals surface area contributed by atoms with E-state index in [0.29, 0.717) is 37.2 Å². The number of likely N-dealkylation sites (tertiary alicyclic amines) is 1. The Bertz CT molecular complexity index is 963. The first-order valence-corrected chi connectivity index (χ1v) is 12.4. The topological polar surface area (TPSA) is 104 Å². The molecule has 0 spiro atoms. The molecular formula is C22H31N3O5S. The Morgan fingerprint density at radius 3 is 2.19 bits per heavy atom. The number of amides is 3. The van der Waals surface area contributed by atoms with Crippen molar-refractivity contribution in [2.75, 3.05) is 18.4 Å². The van der Waals surface area contributed by atoms with Crippen LogP contribution in [0.4, 0.5) is 5.69 Å². The summed E-state index contributed by atoms with van der Waals surface area (Å²) in [5.74, 6) is -1.70. The summed E-state index contributed by atoms with van der Waals surface area (Å²) in [6, 6.07) is 3.72. The molecule has 1 saturated carbocycles. The highest BCUT2D eigenvalue weighted by Crippen LogP contribution is 2.39. The number of carbonyl (C=O) groups is 3. The summed E-state index contributed by atoms with van der Waals surface area (Å²) >= 11 is 0. The molecule has 2 fully saturated rings. The van der Waals surface area contributed by atoms with E-state index in [1.165, 1.54) is 17.3 Å². The number of imide groups is 1. The predicted octanol–water partition coefficient (Wildman–Crippen LogP) is 2.53. The van der Waals surface area contributed by atoms with Gasteiger partial charge in [-0.15, -0.1) is 0 Å². The van der Waals surface area contributed by atoms with Gasteiger partial charge in [0, 0.05) is 18.8 Å². The van der Waals surface area contributed by atoms with Crippen LogP contribution < -0.4 is 5.32 Å². The lowest BCUT2D eigenvalue weighted by molar-refractivity contribution is -0.146. The van der Waals surface area contributed by atoms with Crippen molar-refractivity contribution in [2.24, 2.45) is 11.8 Å². The zero-order valence-corrected chi connectivity index (χ0v) is 19.4. The van der Waals surface area contributed by atoms with Crippen LogP contribution in [0.25, 0.3) is 0 Å². The van der Waals surface area contributed by atoms with Crippen LogP contribution in [0.3, 0.4) is 0 Å². The smallest absolute Gasteiger partial charge is 0.247 e. The number of benzene rings is 1. The van der Waals surface area contributed by atoms with E-state index in [2.05, 4.69) is 5.32 Å². The molecule has 1 aliphatic carbocycles. The number of carbonyl (C=O) groups excluding carboxylic acids is 3. The number of rotatable bonds is 7. The fourth-order valence-electron chi connectivity index (χ4n) is 4.59. The molecule has 170 valence electrons. The normalized spacial score (nSPS) is 22.5. The summed E-state index contributed by atoms with van der Waals surface area (Å²) in [6.07, 6.45) is 3.21. The van der Waals surface area contributed by atoms with Crippen LogP contribution in [0.5, 0.6) is 0 Å². The minimum Gasteiger partial charge on any atom is -0.324 e. The zero-order valence-electron chi connectivity index (χ0n) is 18.6. The van der Waals surface area contributed by atoms with Crippen molar-refractivity contribution in [3.8, 4) is 0 Å². The molecule has 1 saturated heterocycles. The Balaban J connectivity index is 1.81. The highest BCUT2D eigenvalue weighted by molar-refractivity contribution is 7.89. The van der Waals surface area contributed by atoms with Crippen molar-refractivity contribution in [1.29, 1.82) is 0 Å². The van der Waals surface area contributed by atoms with Crippen molar-refractivity contribution in [3.05, 3.63) is 23.8 Å². The SMILES string of the molecule is CCN(CC)S(=O)(=O)c1cc(NC(=O)[C@H](C)N2C(=O)[C@H]3CCCC[C@H]3C2=O)ccc1C. The van der Waals surface area contributed by atoms with E-state index in [-0.39, 0.29) is 28.5 Å². The number of aryl methyl sites for hydroxylation is 1. The van der Waals surface area contributed by atoms with E-state index < -0.39 is 22.0 Å². The zero-order chi connectivity index (χ0) is 22.9. The molecule has 3 rings (SSSR count). The molecule has 1 heterocycles. The van der Waals surface area contributed by atoms with E-state index >= 15 is 0 Å². The van der Waals surface area contributed by atoms with Crippen LogP contribution in [0.1, 0.15) is 52.0 Å². The lowest BCUT2D eigenvalue weighted by atomic mass is 9.81. The van der Waals surface area contributed by atoms with E-state index in [1.807, 2.05) is 0 Å². The lowest BCUT2D eigenvalue weighted by Gasteiger charge is -2.23. The summed E-state index contributed by atoms with van der Waals surface area (Å²) < 4.78 is 27.2. The molecule has 1 aromatic carbocycles. The van der Waals surface area contributed by atoms with Gasteiger partial charge in [0.05, 0.1) is 16.7 Å². The predicted molar refractivity (Wildman–Crippen MR) is 117 cm³/mol. The van der Waals surface area contributed by atoms with Gasteiger partial charge in [-0.25, -0.2) is 8.42 Å². The van der Waals surface area contributed by atoms with Gasteiger partial charge < -0.3 is 5.32 Å². The summed E-state index contributed by atoms with van der Waals surface area (Å²) in [5, 5.41) is 2.69. The van der Waals surface area contributed by atoms with Crippen molar-refractivity contribution < 1.29 is 22.8 Å². The molecule has 0 unspecified atom stereocenters. The Kier molecular flexibility index (Phi) is 6.85. The van der Waals surface area contributed by atoms with Gasteiger partial charge in [-0.1, -0.05) is 32.8 Å².